The van der Waals surface area contributed by atoms with Crippen LogP contribution in [0.1, 0.15) is 64.4 Å². The Morgan fingerprint density at radius 3 is 2.35 bits per heavy atom. The highest BCUT2D eigenvalue weighted by Gasteiger charge is 2.35. The predicted molar refractivity (Wildman–Crippen MR) is 119 cm³/mol. The molecule has 3 aliphatic rings. The van der Waals surface area contributed by atoms with Crippen LogP contribution in [-0.2, 0) is 26.0 Å². The number of hydrogen-bond donors (Lipinski definition) is 1. The van der Waals surface area contributed by atoms with Gasteiger partial charge in [-0.2, -0.15) is 4.31 Å². The zero-order valence-corrected chi connectivity index (χ0v) is 19.3. The number of nitrogens with one attached hydrogen (secondary N) is 1. The standard InChI is InChI=1S/C23H33N3O4S/c1-16-14-19-15-21(8-9-22(19)26(16)17(2)27)31(29,30)25-12-10-18(11-13-25)23(28)24-20-6-4-3-5-7-20/h8-9,15-16,18,20H,3-7,10-14H2,1-2H3,(H,24,28)/t16-/m0/s1. The van der Waals surface area contributed by atoms with E-state index in [0.717, 1.165) is 24.1 Å². The van der Waals surface area contributed by atoms with Crippen LogP contribution in [-0.4, -0.2) is 49.7 Å². The minimum absolute atomic E-state index is 0.0314. The van der Waals surface area contributed by atoms with E-state index < -0.39 is 10.0 Å². The molecule has 1 aromatic rings. The van der Waals surface area contributed by atoms with Crippen molar-refractivity contribution in [1.29, 1.82) is 0 Å². The number of rotatable bonds is 4. The second kappa shape index (κ2) is 8.90. The molecule has 2 heterocycles. The molecule has 0 spiro atoms. The number of piperidine rings is 1. The van der Waals surface area contributed by atoms with Crippen molar-refractivity contribution in [1.82, 2.24) is 9.62 Å². The third-order valence-corrected chi connectivity index (χ3v) is 8.91. The van der Waals surface area contributed by atoms with Crippen molar-refractivity contribution in [3.8, 4) is 0 Å². The van der Waals surface area contributed by atoms with E-state index in [0.29, 0.717) is 32.4 Å². The number of hydrogen-bond acceptors (Lipinski definition) is 4. The zero-order chi connectivity index (χ0) is 22.2. The molecule has 0 unspecified atom stereocenters. The number of sulfonamides is 1. The number of carbonyl (C=O) groups excluding carboxylic acids is 2. The topological polar surface area (TPSA) is 86.8 Å². The molecule has 0 aromatic heterocycles. The lowest BCUT2D eigenvalue weighted by Gasteiger charge is -2.32. The van der Waals surface area contributed by atoms with E-state index in [1.165, 1.54) is 30.5 Å². The Bertz CT molecular complexity index is 948. The van der Waals surface area contributed by atoms with Gasteiger partial charge in [-0.25, -0.2) is 8.42 Å². The van der Waals surface area contributed by atoms with E-state index >= 15 is 0 Å². The Labute approximate surface area is 185 Å². The van der Waals surface area contributed by atoms with Crippen molar-refractivity contribution in [2.45, 2.75) is 82.2 Å². The minimum atomic E-state index is -3.62. The maximum Gasteiger partial charge on any atom is 0.243 e. The largest absolute Gasteiger partial charge is 0.353 e. The van der Waals surface area contributed by atoms with E-state index in [1.807, 2.05) is 6.92 Å². The molecule has 0 bridgehead atoms. The molecule has 1 N–H and O–H groups in total. The summed E-state index contributed by atoms with van der Waals surface area (Å²) < 4.78 is 27.9. The molecule has 8 heteroatoms. The number of fused-ring (bicyclic) bond motifs is 1. The van der Waals surface area contributed by atoms with Crippen LogP contribution in [0.5, 0.6) is 0 Å². The van der Waals surface area contributed by atoms with Crippen LogP contribution < -0.4 is 10.2 Å². The SMILES string of the molecule is CC(=O)N1c2ccc(S(=O)(=O)N3CCC(C(=O)NC4CCCCC4)CC3)cc2C[C@@H]1C. The Hall–Kier alpha value is -1.93. The van der Waals surface area contributed by atoms with Gasteiger partial charge in [0.1, 0.15) is 0 Å². The highest BCUT2D eigenvalue weighted by atomic mass is 32.2. The van der Waals surface area contributed by atoms with Gasteiger partial charge in [0.25, 0.3) is 0 Å². The molecular formula is C23H33N3O4S. The van der Waals surface area contributed by atoms with E-state index in [-0.39, 0.29) is 34.7 Å². The van der Waals surface area contributed by atoms with Crippen molar-refractivity contribution < 1.29 is 18.0 Å². The van der Waals surface area contributed by atoms with Gasteiger partial charge >= 0.3 is 0 Å². The van der Waals surface area contributed by atoms with Crippen LogP contribution in [0, 0.1) is 5.92 Å². The number of nitrogens with zero attached hydrogens (tertiary/aromatic N) is 2. The monoisotopic (exact) mass is 447 g/mol. The lowest BCUT2D eigenvalue weighted by molar-refractivity contribution is -0.127. The van der Waals surface area contributed by atoms with Crippen LogP contribution >= 0.6 is 0 Å². The molecular weight excluding hydrogens is 414 g/mol. The Morgan fingerprint density at radius 2 is 1.71 bits per heavy atom. The molecule has 2 amide bonds. The molecule has 2 fully saturated rings. The lowest BCUT2D eigenvalue weighted by Crippen LogP contribution is -2.45. The summed E-state index contributed by atoms with van der Waals surface area (Å²) in [4.78, 5) is 26.5. The van der Waals surface area contributed by atoms with Crippen LogP contribution in [0.3, 0.4) is 0 Å². The fourth-order valence-corrected chi connectivity index (χ4v) is 6.84. The van der Waals surface area contributed by atoms with Gasteiger partial charge < -0.3 is 10.2 Å². The molecule has 4 rings (SSSR count). The number of carbonyl (C=O) groups is 2. The van der Waals surface area contributed by atoms with E-state index in [4.69, 9.17) is 0 Å². The normalized spacial score (nSPS) is 23.5. The summed E-state index contributed by atoms with van der Waals surface area (Å²) in [5.41, 5.74) is 1.70. The maximum atomic E-state index is 13.2. The predicted octanol–water partition coefficient (Wildman–Crippen LogP) is 2.83. The summed E-state index contributed by atoms with van der Waals surface area (Å²) in [7, 11) is -3.62. The first kappa shape index (κ1) is 22.3. The van der Waals surface area contributed by atoms with E-state index in [2.05, 4.69) is 5.32 Å². The van der Waals surface area contributed by atoms with Crippen molar-refractivity contribution in [2.75, 3.05) is 18.0 Å². The fourth-order valence-electron chi connectivity index (χ4n) is 5.32. The Morgan fingerprint density at radius 1 is 1.03 bits per heavy atom. The van der Waals surface area contributed by atoms with Crippen molar-refractivity contribution in [3.05, 3.63) is 23.8 Å². The molecule has 1 aromatic carbocycles. The fraction of sp³-hybridized carbons (Fsp3) is 0.652. The summed E-state index contributed by atoms with van der Waals surface area (Å²) in [6.45, 7) is 4.22. The molecule has 1 atom stereocenters. The second-order valence-corrected chi connectivity index (χ2v) is 11.2. The maximum absolute atomic E-state index is 13.2. The number of anilines is 1. The zero-order valence-electron chi connectivity index (χ0n) is 18.5. The summed E-state index contributed by atoms with van der Waals surface area (Å²) in [6.07, 6.45) is 7.46. The minimum Gasteiger partial charge on any atom is -0.353 e. The van der Waals surface area contributed by atoms with Gasteiger partial charge in [0.05, 0.1) is 4.90 Å². The summed E-state index contributed by atoms with van der Waals surface area (Å²) in [5, 5.41) is 3.18. The van der Waals surface area contributed by atoms with Gasteiger partial charge in [-0.05, 0) is 62.8 Å². The molecule has 31 heavy (non-hydrogen) atoms. The molecule has 1 saturated heterocycles. The molecule has 170 valence electrons. The first-order valence-corrected chi connectivity index (χ1v) is 12.9. The van der Waals surface area contributed by atoms with Gasteiger partial charge in [-0.1, -0.05) is 19.3 Å². The second-order valence-electron chi connectivity index (χ2n) is 9.25. The first-order valence-electron chi connectivity index (χ1n) is 11.5. The van der Waals surface area contributed by atoms with Gasteiger partial charge in [-0.3, -0.25) is 9.59 Å². The van der Waals surface area contributed by atoms with Crippen molar-refractivity contribution in [2.24, 2.45) is 5.92 Å². The van der Waals surface area contributed by atoms with Gasteiger partial charge in [-0.15, -0.1) is 0 Å². The Kier molecular flexibility index (Phi) is 6.40. The van der Waals surface area contributed by atoms with Crippen LogP contribution in [0.25, 0.3) is 0 Å². The van der Waals surface area contributed by atoms with E-state index in [1.54, 1.807) is 23.1 Å². The lowest BCUT2D eigenvalue weighted by atomic mass is 9.93. The van der Waals surface area contributed by atoms with Gasteiger partial charge in [0.15, 0.2) is 0 Å². The first-order chi connectivity index (χ1) is 14.8. The average molecular weight is 448 g/mol. The molecule has 1 saturated carbocycles. The molecule has 1 aliphatic carbocycles. The smallest absolute Gasteiger partial charge is 0.243 e. The quantitative estimate of drug-likeness (QED) is 0.769. The summed E-state index contributed by atoms with van der Waals surface area (Å²) in [5.74, 6) is -0.0615. The summed E-state index contributed by atoms with van der Waals surface area (Å²) >= 11 is 0. The molecule has 0 radical (unpaired) electrons. The van der Waals surface area contributed by atoms with Crippen LogP contribution in [0.2, 0.25) is 0 Å². The molecule has 7 nitrogen and oxygen atoms in total. The van der Waals surface area contributed by atoms with Crippen molar-refractivity contribution >= 4 is 27.5 Å². The molecule has 2 aliphatic heterocycles. The number of benzene rings is 1. The van der Waals surface area contributed by atoms with Gasteiger partial charge in [0.2, 0.25) is 21.8 Å². The van der Waals surface area contributed by atoms with Crippen LogP contribution in [0.15, 0.2) is 23.1 Å². The van der Waals surface area contributed by atoms with E-state index in [9.17, 15) is 18.0 Å². The van der Waals surface area contributed by atoms with Crippen molar-refractivity contribution in [3.63, 3.8) is 0 Å². The van der Waals surface area contributed by atoms with Gasteiger partial charge in [0, 0.05) is 43.7 Å². The third kappa shape index (κ3) is 4.51. The highest BCUT2D eigenvalue weighted by molar-refractivity contribution is 7.89. The number of amides is 2. The third-order valence-electron chi connectivity index (χ3n) is 7.02. The average Bonchev–Trinajstić information content (AvgIpc) is 3.09. The van der Waals surface area contributed by atoms with Crippen LogP contribution in [0.4, 0.5) is 5.69 Å². The highest BCUT2D eigenvalue weighted by Crippen LogP contribution is 2.35. The summed E-state index contributed by atoms with van der Waals surface area (Å²) in [6, 6.07) is 5.38. The Balaban J connectivity index is 1.40.